The molecule has 0 aliphatic carbocycles. The van der Waals surface area contributed by atoms with Crippen LogP contribution in [0.4, 0.5) is 11.4 Å². The number of carbonyl (C=O) groups is 4. The molecule has 3 N–H and O–H groups in total. The number of nitrogens with one attached hydrogen (secondary N) is 1. The second-order valence-corrected chi connectivity index (χ2v) is 8.98. The van der Waals surface area contributed by atoms with E-state index in [1.54, 1.807) is 24.3 Å². The monoisotopic (exact) mass is 418 g/mol. The number of ketones is 1. The van der Waals surface area contributed by atoms with Gasteiger partial charge < -0.3 is 10.6 Å². The van der Waals surface area contributed by atoms with Crippen molar-refractivity contribution < 1.29 is 24.5 Å². The van der Waals surface area contributed by atoms with Crippen molar-refractivity contribution in [3.8, 4) is 0 Å². The van der Waals surface area contributed by atoms with E-state index in [1.165, 1.54) is 11.8 Å². The van der Waals surface area contributed by atoms with Crippen molar-refractivity contribution in [2.45, 2.75) is 32.4 Å². The standard InChI is InChI=1S/C24H23N3O4/c1-12(2)20-18-19(24(26-20)16-6-4-5-7-17(16)25-23(24)31)22(30)27(21(18)29)15-10-8-14(9-11-15)13(3)28/h4-12,18-20,26H,1-3H3,(H,25,31)/p+1/t18-,19-,20-,24-/m0/s1. The van der Waals surface area contributed by atoms with Crippen molar-refractivity contribution in [2.75, 3.05) is 10.2 Å². The number of para-hydroxylation sites is 1. The number of quaternary nitrogens is 1. The Morgan fingerprint density at radius 2 is 1.71 bits per heavy atom. The first-order valence-electron chi connectivity index (χ1n) is 10.5. The quantitative estimate of drug-likeness (QED) is 0.582. The van der Waals surface area contributed by atoms with Crippen LogP contribution in [0, 0.1) is 17.8 Å². The van der Waals surface area contributed by atoms with Gasteiger partial charge >= 0.3 is 0 Å². The van der Waals surface area contributed by atoms with Crippen molar-refractivity contribution in [3.63, 3.8) is 0 Å². The molecule has 0 unspecified atom stereocenters. The van der Waals surface area contributed by atoms with Crippen LogP contribution >= 0.6 is 0 Å². The van der Waals surface area contributed by atoms with Gasteiger partial charge in [0.1, 0.15) is 17.9 Å². The number of anilines is 2. The molecule has 7 heteroatoms. The van der Waals surface area contributed by atoms with Gasteiger partial charge in [-0.15, -0.1) is 0 Å². The second-order valence-electron chi connectivity index (χ2n) is 8.98. The molecule has 2 aromatic carbocycles. The number of hydrogen-bond acceptors (Lipinski definition) is 4. The number of rotatable bonds is 3. The van der Waals surface area contributed by atoms with E-state index in [9.17, 15) is 19.2 Å². The fraction of sp³-hybridized carbons (Fsp3) is 0.333. The molecule has 3 heterocycles. The average molecular weight is 418 g/mol. The van der Waals surface area contributed by atoms with Crippen LogP contribution in [0.25, 0.3) is 0 Å². The van der Waals surface area contributed by atoms with Gasteiger partial charge in [0.2, 0.25) is 17.4 Å². The maximum Gasteiger partial charge on any atom is 0.291 e. The first-order valence-corrected chi connectivity index (χ1v) is 10.5. The molecule has 31 heavy (non-hydrogen) atoms. The minimum absolute atomic E-state index is 0.0872. The summed E-state index contributed by atoms with van der Waals surface area (Å²) in [7, 11) is 0. The Hall–Kier alpha value is -3.32. The van der Waals surface area contributed by atoms with Crippen molar-refractivity contribution >= 4 is 34.9 Å². The lowest BCUT2D eigenvalue weighted by atomic mass is 9.76. The molecule has 3 aliphatic heterocycles. The fourth-order valence-electron chi connectivity index (χ4n) is 5.55. The average Bonchev–Trinajstić information content (AvgIpc) is 3.33. The molecule has 2 saturated heterocycles. The largest absolute Gasteiger partial charge is 0.326 e. The van der Waals surface area contributed by atoms with Crippen LogP contribution in [-0.4, -0.2) is 29.5 Å². The molecule has 0 bridgehead atoms. The predicted octanol–water partition coefficient (Wildman–Crippen LogP) is 1.44. The van der Waals surface area contributed by atoms with E-state index in [-0.39, 0.29) is 35.5 Å². The second kappa shape index (κ2) is 6.59. The summed E-state index contributed by atoms with van der Waals surface area (Å²) in [6.45, 7) is 5.49. The van der Waals surface area contributed by atoms with Crippen LogP contribution < -0.4 is 15.5 Å². The number of carbonyl (C=O) groups excluding carboxylic acids is 4. The summed E-state index contributed by atoms with van der Waals surface area (Å²) in [5.74, 6) is -2.28. The molecular weight excluding hydrogens is 394 g/mol. The van der Waals surface area contributed by atoms with E-state index < -0.39 is 17.4 Å². The maximum atomic E-state index is 13.7. The van der Waals surface area contributed by atoms with E-state index in [4.69, 9.17) is 0 Å². The molecule has 158 valence electrons. The van der Waals surface area contributed by atoms with Gasteiger partial charge in [-0.25, -0.2) is 4.90 Å². The number of imide groups is 1. The molecule has 4 atom stereocenters. The third-order valence-corrected chi connectivity index (χ3v) is 7.01. The first kappa shape index (κ1) is 19.6. The summed E-state index contributed by atoms with van der Waals surface area (Å²) >= 11 is 0. The number of Topliss-reactive ketones (excluding diaryl/α,β-unsaturated/α-hetero) is 1. The Bertz CT molecular complexity index is 1140. The van der Waals surface area contributed by atoms with E-state index in [0.29, 0.717) is 16.9 Å². The van der Waals surface area contributed by atoms with Crippen molar-refractivity contribution in [2.24, 2.45) is 17.8 Å². The maximum absolute atomic E-state index is 13.7. The van der Waals surface area contributed by atoms with Gasteiger partial charge in [0.25, 0.3) is 5.91 Å². The minimum atomic E-state index is -1.16. The van der Waals surface area contributed by atoms with E-state index in [2.05, 4.69) is 5.32 Å². The molecule has 5 rings (SSSR count). The molecule has 3 amide bonds. The van der Waals surface area contributed by atoms with Crippen LogP contribution in [0.3, 0.4) is 0 Å². The highest BCUT2D eigenvalue weighted by atomic mass is 16.2. The Morgan fingerprint density at radius 1 is 1.03 bits per heavy atom. The van der Waals surface area contributed by atoms with Crippen LogP contribution in [-0.2, 0) is 19.9 Å². The lowest BCUT2D eigenvalue weighted by Crippen LogP contribution is -2.99. The predicted molar refractivity (Wildman–Crippen MR) is 113 cm³/mol. The lowest BCUT2D eigenvalue weighted by molar-refractivity contribution is -0.738. The van der Waals surface area contributed by atoms with Crippen LogP contribution in [0.1, 0.15) is 36.7 Å². The Labute approximate surface area is 179 Å². The highest BCUT2D eigenvalue weighted by Crippen LogP contribution is 2.50. The third-order valence-electron chi connectivity index (χ3n) is 7.01. The number of nitrogens with two attached hydrogens (primary N) is 1. The molecule has 0 saturated carbocycles. The summed E-state index contributed by atoms with van der Waals surface area (Å²) in [6, 6.07) is 13.7. The van der Waals surface area contributed by atoms with Gasteiger partial charge in [-0.2, -0.15) is 0 Å². The number of nitrogens with zero attached hydrogens (tertiary/aromatic N) is 1. The lowest BCUT2D eigenvalue weighted by Gasteiger charge is -2.27. The summed E-state index contributed by atoms with van der Waals surface area (Å²) in [5, 5.41) is 4.87. The van der Waals surface area contributed by atoms with Crippen molar-refractivity contribution in [3.05, 3.63) is 59.7 Å². The summed E-state index contributed by atoms with van der Waals surface area (Å²) in [5.41, 5.74) is 1.23. The molecule has 2 aromatic rings. The Morgan fingerprint density at radius 3 is 2.35 bits per heavy atom. The molecular formula is C24H24N3O4+. The molecule has 3 aliphatic rings. The molecule has 7 nitrogen and oxygen atoms in total. The van der Waals surface area contributed by atoms with Crippen LogP contribution in [0.2, 0.25) is 0 Å². The smallest absolute Gasteiger partial charge is 0.291 e. The zero-order chi connectivity index (χ0) is 22.1. The van der Waals surface area contributed by atoms with Gasteiger partial charge in [-0.05, 0) is 37.3 Å². The number of benzene rings is 2. The zero-order valence-corrected chi connectivity index (χ0v) is 17.6. The normalized spacial score (nSPS) is 29.0. The SMILES string of the molecule is CC(=O)c1ccc(N2C(=O)[C@H]3[C@@H](C2=O)[C@]2([NH2+][C@H]3C(C)C)C(=O)Nc3ccccc32)cc1. The number of hydrogen-bond donors (Lipinski definition) is 2. The number of amides is 3. The van der Waals surface area contributed by atoms with E-state index >= 15 is 0 Å². The molecule has 0 radical (unpaired) electrons. The van der Waals surface area contributed by atoms with Gasteiger partial charge in [-0.1, -0.05) is 32.0 Å². The topological polar surface area (TPSA) is 100 Å². The van der Waals surface area contributed by atoms with E-state index in [1.807, 2.05) is 43.4 Å². The van der Waals surface area contributed by atoms with Gasteiger partial charge in [0.15, 0.2) is 5.78 Å². The first-order chi connectivity index (χ1) is 14.8. The number of fused-ring (bicyclic) bond motifs is 4. The van der Waals surface area contributed by atoms with Gasteiger partial charge in [0, 0.05) is 17.0 Å². The highest BCUT2D eigenvalue weighted by Gasteiger charge is 2.74. The molecule has 2 fully saturated rings. The van der Waals surface area contributed by atoms with Crippen molar-refractivity contribution in [1.29, 1.82) is 0 Å². The Kier molecular flexibility index (Phi) is 4.17. The van der Waals surface area contributed by atoms with Gasteiger partial charge in [0.05, 0.1) is 11.4 Å². The molecule has 0 aromatic heterocycles. The highest BCUT2D eigenvalue weighted by molar-refractivity contribution is 6.25. The van der Waals surface area contributed by atoms with Crippen LogP contribution in [0.15, 0.2) is 48.5 Å². The summed E-state index contributed by atoms with van der Waals surface area (Å²) < 4.78 is 0. The van der Waals surface area contributed by atoms with Gasteiger partial charge in [-0.3, -0.25) is 19.2 Å². The summed E-state index contributed by atoms with van der Waals surface area (Å²) in [4.78, 5) is 53.5. The third kappa shape index (κ3) is 2.50. The van der Waals surface area contributed by atoms with Crippen molar-refractivity contribution in [1.82, 2.24) is 0 Å². The fourth-order valence-corrected chi connectivity index (χ4v) is 5.55. The van der Waals surface area contributed by atoms with E-state index in [0.717, 1.165) is 5.56 Å². The van der Waals surface area contributed by atoms with Crippen LogP contribution in [0.5, 0.6) is 0 Å². The zero-order valence-electron chi connectivity index (χ0n) is 17.6. The Balaban J connectivity index is 1.64. The molecule has 1 spiro atoms. The summed E-state index contributed by atoms with van der Waals surface area (Å²) in [6.07, 6.45) is 0. The minimum Gasteiger partial charge on any atom is -0.326 e.